The van der Waals surface area contributed by atoms with Crippen molar-refractivity contribution < 1.29 is 23.8 Å². The molecule has 0 radical (unpaired) electrons. The molecule has 0 bridgehead atoms. The Morgan fingerprint density at radius 1 is 0.914 bits per heavy atom. The van der Waals surface area contributed by atoms with Gasteiger partial charge in [0.15, 0.2) is 17.3 Å². The standard InChI is InChI=1S/C26H23N3O6/c1-33-21-7-5-4-6-19(21)28-24(30)15-29-14-18(25(31)16-8-10-27-11-9-16)26(32)17-12-22(34-2)23(35-3)13-20(17)29/h4-14H,15H2,1-3H3,(H,28,30). The summed E-state index contributed by atoms with van der Waals surface area (Å²) in [6.45, 7) is -0.180. The van der Waals surface area contributed by atoms with Crippen LogP contribution >= 0.6 is 0 Å². The molecule has 4 aromatic rings. The van der Waals surface area contributed by atoms with Crippen LogP contribution in [0.4, 0.5) is 5.69 Å². The van der Waals surface area contributed by atoms with Crippen LogP contribution in [0.5, 0.6) is 17.2 Å². The second kappa shape index (κ2) is 10.1. The zero-order chi connectivity index (χ0) is 24.9. The molecule has 0 fully saturated rings. The highest BCUT2D eigenvalue weighted by atomic mass is 16.5. The van der Waals surface area contributed by atoms with Crippen LogP contribution in [0.15, 0.2) is 71.9 Å². The molecule has 35 heavy (non-hydrogen) atoms. The number of pyridine rings is 2. The largest absolute Gasteiger partial charge is 0.495 e. The van der Waals surface area contributed by atoms with Gasteiger partial charge in [-0.25, -0.2) is 0 Å². The molecule has 0 saturated carbocycles. The first-order valence-corrected chi connectivity index (χ1v) is 10.6. The normalized spacial score (nSPS) is 10.6. The van der Waals surface area contributed by atoms with E-state index in [9.17, 15) is 14.4 Å². The highest BCUT2D eigenvalue weighted by molar-refractivity contribution is 6.10. The third-order valence-electron chi connectivity index (χ3n) is 5.47. The average molecular weight is 473 g/mol. The van der Waals surface area contributed by atoms with Gasteiger partial charge in [-0.05, 0) is 30.3 Å². The molecule has 0 aliphatic rings. The van der Waals surface area contributed by atoms with Crippen molar-refractivity contribution in [3.8, 4) is 17.2 Å². The van der Waals surface area contributed by atoms with E-state index >= 15 is 0 Å². The minimum absolute atomic E-state index is 0.0824. The van der Waals surface area contributed by atoms with Crippen LogP contribution in [0, 0.1) is 0 Å². The molecule has 0 spiro atoms. The van der Waals surface area contributed by atoms with Crippen molar-refractivity contribution in [1.29, 1.82) is 0 Å². The number of amides is 1. The van der Waals surface area contributed by atoms with Crippen molar-refractivity contribution in [1.82, 2.24) is 9.55 Å². The number of para-hydroxylation sites is 2. The maximum atomic E-state index is 13.4. The summed E-state index contributed by atoms with van der Waals surface area (Å²) in [5, 5.41) is 3.02. The summed E-state index contributed by atoms with van der Waals surface area (Å²) in [6.07, 6.45) is 4.34. The molecule has 9 nitrogen and oxygen atoms in total. The number of carbonyl (C=O) groups excluding carboxylic acids is 2. The van der Waals surface area contributed by atoms with Gasteiger partial charge < -0.3 is 24.1 Å². The number of hydrogen-bond acceptors (Lipinski definition) is 7. The quantitative estimate of drug-likeness (QED) is 0.391. The number of carbonyl (C=O) groups is 2. The van der Waals surface area contributed by atoms with E-state index in [0.29, 0.717) is 34.0 Å². The van der Waals surface area contributed by atoms with E-state index in [-0.39, 0.29) is 23.4 Å². The molecule has 1 N–H and O–H groups in total. The molecule has 0 aliphatic carbocycles. The van der Waals surface area contributed by atoms with Gasteiger partial charge in [0.1, 0.15) is 12.3 Å². The van der Waals surface area contributed by atoms with Gasteiger partial charge in [0.25, 0.3) is 0 Å². The Bertz CT molecular complexity index is 1460. The number of ketones is 1. The molecule has 0 unspecified atom stereocenters. The van der Waals surface area contributed by atoms with Crippen molar-refractivity contribution >= 4 is 28.3 Å². The van der Waals surface area contributed by atoms with Gasteiger partial charge >= 0.3 is 0 Å². The fourth-order valence-corrected chi connectivity index (χ4v) is 3.76. The van der Waals surface area contributed by atoms with E-state index in [0.717, 1.165) is 0 Å². The molecule has 178 valence electrons. The van der Waals surface area contributed by atoms with Crippen molar-refractivity contribution in [3.63, 3.8) is 0 Å². The molecule has 0 aliphatic heterocycles. The van der Waals surface area contributed by atoms with Crippen LogP contribution in [0.25, 0.3) is 10.9 Å². The maximum absolute atomic E-state index is 13.4. The van der Waals surface area contributed by atoms with Crippen LogP contribution in [0.1, 0.15) is 15.9 Å². The first-order chi connectivity index (χ1) is 17.0. The second-order valence-electron chi connectivity index (χ2n) is 7.54. The SMILES string of the molecule is COc1ccccc1NC(=O)Cn1cc(C(=O)c2ccncc2)c(=O)c2cc(OC)c(OC)cc21. The van der Waals surface area contributed by atoms with Gasteiger partial charge in [-0.2, -0.15) is 0 Å². The van der Waals surface area contributed by atoms with E-state index in [1.165, 1.54) is 62.7 Å². The van der Waals surface area contributed by atoms with E-state index < -0.39 is 11.2 Å². The first-order valence-electron chi connectivity index (χ1n) is 10.6. The van der Waals surface area contributed by atoms with Crippen LogP contribution in [0.2, 0.25) is 0 Å². The monoisotopic (exact) mass is 473 g/mol. The summed E-state index contributed by atoms with van der Waals surface area (Å²) in [5.74, 6) is 0.359. The highest BCUT2D eigenvalue weighted by Crippen LogP contribution is 2.31. The van der Waals surface area contributed by atoms with Gasteiger partial charge in [0.2, 0.25) is 11.3 Å². The molecular weight excluding hydrogens is 450 g/mol. The van der Waals surface area contributed by atoms with Gasteiger partial charge in [-0.1, -0.05) is 12.1 Å². The first kappa shape index (κ1) is 23.5. The topological polar surface area (TPSA) is 109 Å². The Balaban J connectivity index is 1.84. The van der Waals surface area contributed by atoms with Crippen molar-refractivity contribution in [3.05, 3.63) is 88.5 Å². The summed E-state index contributed by atoms with van der Waals surface area (Å²) in [6, 6.07) is 13.2. The Morgan fingerprint density at radius 3 is 2.26 bits per heavy atom. The minimum Gasteiger partial charge on any atom is -0.495 e. The predicted octanol–water partition coefficient (Wildman–Crippen LogP) is 3.29. The summed E-state index contributed by atoms with van der Waals surface area (Å²) < 4.78 is 17.6. The lowest BCUT2D eigenvalue weighted by Gasteiger charge is -2.16. The predicted molar refractivity (Wildman–Crippen MR) is 131 cm³/mol. The number of rotatable bonds is 8. The van der Waals surface area contributed by atoms with Crippen molar-refractivity contribution in [2.75, 3.05) is 26.6 Å². The fraction of sp³-hybridized carbons (Fsp3) is 0.154. The Hall–Kier alpha value is -4.66. The van der Waals surface area contributed by atoms with Crippen LogP contribution in [-0.2, 0) is 11.3 Å². The molecule has 2 aromatic heterocycles. The Labute approximate surface area is 200 Å². The van der Waals surface area contributed by atoms with Crippen molar-refractivity contribution in [2.45, 2.75) is 6.54 Å². The molecular formula is C26H23N3O6. The van der Waals surface area contributed by atoms with Gasteiger partial charge in [-0.3, -0.25) is 19.4 Å². The number of hydrogen-bond donors (Lipinski definition) is 1. The lowest BCUT2D eigenvalue weighted by Crippen LogP contribution is -2.24. The third-order valence-corrected chi connectivity index (χ3v) is 5.47. The fourth-order valence-electron chi connectivity index (χ4n) is 3.76. The zero-order valence-corrected chi connectivity index (χ0v) is 19.4. The molecule has 0 saturated heterocycles. The molecule has 4 rings (SSSR count). The summed E-state index contributed by atoms with van der Waals surface area (Å²) >= 11 is 0. The summed E-state index contributed by atoms with van der Waals surface area (Å²) in [5.41, 5.74) is 0.652. The number of nitrogens with zero attached hydrogens (tertiary/aromatic N) is 2. The van der Waals surface area contributed by atoms with Crippen LogP contribution in [-0.4, -0.2) is 42.6 Å². The third kappa shape index (κ3) is 4.70. The number of fused-ring (bicyclic) bond motifs is 1. The Morgan fingerprint density at radius 2 is 1.57 bits per heavy atom. The number of methoxy groups -OCH3 is 3. The highest BCUT2D eigenvalue weighted by Gasteiger charge is 2.20. The van der Waals surface area contributed by atoms with Gasteiger partial charge in [0, 0.05) is 30.2 Å². The van der Waals surface area contributed by atoms with E-state index in [1.54, 1.807) is 30.3 Å². The lowest BCUT2D eigenvalue weighted by atomic mass is 10.0. The van der Waals surface area contributed by atoms with Gasteiger partial charge in [0.05, 0.1) is 43.5 Å². The number of nitrogens with one attached hydrogen (secondary N) is 1. The van der Waals surface area contributed by atoms with E-state index in [2.05, 4.69) is 10.3 Å². The molecule has 1 amide bonds. The summed E-state index contributed by atoms with van der Waals surface area (Å²) in [7, 11) is 4.44. The number of benzene rings is 2. The van der Waals surface area contributed by atoms with Crippen LogP contribution < -0.4 is 25.0 Å². The average Bonchev–Trinajstić information content (AvgIpc) is 2.89. The summed E-state index contributed by atoms with van der Waals surface area (Å²) in [4.78, 5) is 43.5. The van der Waals surface area contributed by atoms with E-state index in [1.807, 2.05) is 0 Å². The molecule has 9 heteroatoms. The van der Waals surface area contributed by atoms with E-state index in [4.69, 9.17) is 14.2 Å². The minimum atomic E-state index is -0.482. The zero-order valence-electron chi connectivity index (χ0n) is 19.4. The molecule has 2 heterocycles. The smallest absolute Gasteiger partial charge is 0.244 e. The molecule has 2 aromatic carbocycles. The number of anilines is 1. The maximum Gasteiger partial charge on any atom is 0.244 e. The number of aromatic nitrogens is 2. The molecule has 0 atom stereocenters. The lowest BCUT2D eigenvalue weighted by molar-refractivity contribution is -0.116. The second-order valence-corrected chi connectivity index (χ2v) is 7.54. The van der Waals surface area contributed by atoms with Gasteiger partial charge in [-0.15, -0.1) is 0 Å². The number of ether oxygens (including phenoxy) is 3. The van der Waals surface area contributed by atoms with Crippen molar-refractivity contribution in [2.24, 2.45) is 0 Å². The Kier molecular flexibility index (Phi) is 6.77. The van der Waals surface area contributed by atoms with Crippen LogP contribution in [0.3, 0.4) is 0 Å².